The van der Waals surface area contributed by atoms with Gasteiger partial charge in [-0.15, -0.1) is 0 Å². The number of hydrogen-bond acceptors (Lipinski definition) is 4. The number of hydrogen-bond donors (Lipinski definition) is 1. The van der Waals surface area contributed by atoms with Crippen molar-refractivity contribution in [3.63, 3.8) is 0 Å². The minimum absolute atomic E-state index is 0.0643. The van der Waals surface area contributed by atoms with Gasteiger partial charge in [-0.25, -0.2) is 9.80 Å². The third-order valence-corrected chi connectivity index (χ3v) is 5.57. The molecule has 2 aromatic rings. The van der Waals surface area contributed by atoms with E-state index in [1.807, 2.05) is 68.1 Å². The van der Waals surface area contributed by atoms with E-state index in [0.29, 0.717) is 26.1 Å². The Morgan fingerprint density at radius 3 is 2.62 bits per heavy atom. The summed E-state index contributed by atoms with van der Waals surface area (Å²) < 4.78 is 7.14. The van der Waals surface area contributed by atoms with Crippen LogP contribution < -0.4 is 5.32 Å². The van der Waals surface area contributed by atoms with E-state index < -0.39 is 0 Å². The maximum atomic E-state index is 13.4. The molecule has 32 heavy (non-hydrogen) atoms. The van der Waals surface area contributed by atoms with Crippen LogP contribution in [0.4, 0.5) is 4.79 Å². The molecule has 1 aliphatic heterocycles. The highest BCUT2D eigenvalue weighted by Gasteiger charge is 2.34. The molecule has 8 nitrogen and oxygen atoms in total. The average Bonchev–Trinajstić information content (AvgIpc) is 3.41. The maximum absolute atomic E-state index is 13.4. The third-order valence-electron chi connectivity index (χ3n) is 5.57. The fraction of sp³-hybridized carbons (Fsp3) is 0.458. The number of rotatable bonds is 9. The van der Waals surface area contributed by atoms with E-state index in [0.717, 1.165) is 29.0 Å². The molecular formula is C24H33N5O3. The molecule has 1 aromatic heterocycles. The van der Waals surface area contributed by atoms with Crippen molar-refractivity contribution in [2.24, 2.45) is 12.1 Å². The monoisotopic (exact) mass is 439 g/mol. The summed E-state index contributed by atoms with van der Waals surface area (Å²) in [5.41, 5.74) is 4.02. The van der Waals surface area contributed by atoms with Crippen molar-refractivity contribution < 1.29 is 14.3 Å². The van der Waals surface area contributed by atoms with Crippen LogP contribution in [0, 0.1) is 6.92 Å². The van der Waals surface area contributed by atoms with Gasteiger partial charge in [-0.05, 0) is 31.0 Å². The van der Waals surface area contributed by atoms with Gasteiger partial charge in [-0.1, -0.05) is 36.8 Å². The molecule has 1 N–H and O–H groups in total. The van der Waals surface area contributed by atoms with Crippen molar-refractivity contribution in [1.29, 1.82) is 0 Å². The van der Waals surface area contributed by atoms with Crippen LogP contribution in [0.3, 0.4) is 0 Å². The van der Waals surface area contributed by atoms with Crippen molar-refractivity contribution in [1.82, 2.24) is 19.8 Å². The van der Waals surface area contributed by atoms with Gasteiger partial charge in [0, 0.05) is 39.9 Å². The summed E-state index contributed by atoms with van der Waals surface area (Å²) in [5.74, 6) is -0.220. The van der Waals surface area contributed by atoms with Gasteiger partial charge in [-0.3, -0.25) is 4.79 Å². The molecule has 0 saturated heterocycles. The molecule has 1 aromatic carbocycles. The topological polar surface area (TPSA) is 79.2 Å². The largest absolute Gasteiger partial charge is 0.383 e. The molecule has 0 bridgehead atoms. The van der Waals surface area contributed by atoms with Gasteiger partial charge in [0.15, 0.2) is 0 Å². The first-order chi connectivity index (χ1) is 15.4. The van der Waals surface area contributed by atoms with Crippen LogP contribution in [0.2, 0.25) is 0 Å². The zero-order valence-corrected chi connectivity index (χ0v) is 19.4. The second kappa shape index (κ2) is 10.9. The number of aryl methyl sites for hydroxylation is 2. The van der Waals surface area contributed by atoms with Crippen LogP contribution in [0.1, 0.15) is 42.6 Å². The van der Waals surface area contributed by atoms with Crippen LogP contribution in [-0.4, -0.2) is 65.5 Å². The SMILES string of the molecule is CCCNC(=O)N(CCOC)CC(=O)N1N=C(c2cccn2C)C[C@H]1c1ccc(C)cc1. The fourth-order valence-electron chi connectivity index (χ4n) is 3.74. The minimum Gasteiger partial charge on any atom is -0.383 e. The van der Waals surface area contributed by atoms with Crippen LogP contribution in [0.5, 0.6) is 0 Å². The van der Waals surface area contributed by atoms with Gasteiger partial charge in [0.2, 0.25) is 0 Å². The smallest absolute Gasteiger partial charge is 0.317 e. The lowest BCUT2D eigenvalue weighted by atomic mass is 9.99. The molecule has 3 rings (SSSR count). The number of nitrogens with zero attached hydrogens (tertiary/aromatic N) is 4. The van der Waals surface area contributed by atoms with Gasteiger partial charge >= 0.3 is 6.03 Å². The Hall–Kier alpha value is -3.13. The highest BCUT2D eigenvalue weighted by atomic mass is 16.5. The summed E-state index contributed by atoms with van der Waals surface area (Å²) in [4.78, 5) is 27.5. The number of urea groups is 1. The summed E-state index contributed by atoms with van der Waals surface area (Å²) in [6.07, 6.45) is 3.41. The lowest BCUT2D eigenvalue weighted by Crippen LogP contribution is -2.47. The Morgan fingerprint density at radius 1 is 1.25 bits per heavy atom. The average molecular weight is 440 g/mol. The van der Waals surface area contributed by atoms with Gasteiger partial charge in [0.05, 0.1) is 24.1 Å². The Kier molecular flexibility index (Phi) is 8.05. The molecule has 0 fully saturated rings. The summed E-state index contributed by atoms with van der Waals surface area (Å²) in [6.45, 7) is 5.20. The number of hydrazone groups is 1. The molecule has 0 radical (unpaired) electrons. The van der Waals surface area contributed by atoms with Gasteiger partial charge in [0.25, 0.3) is 5.91 Å². The van der Waals surface area contributed by atoms with Gasteiger partial charge in [-0.2, -0.15) is 5.10 Å². The van der Waals surface area contributed by atoms with E-state index in [2.05, 4.69) is 5.32 Å². The predicted octanol–water partition coefficient (Wildman–Crippen LogP) is 3.08. The second-order valence-electron chi connectivity index (χ2n) is 8.07. The minimum atomic E-state index is -0.269. The van der Waals surface area contributed by atoms with Crippen LogP contribution in [-0.2, 0) is 16.6 Å². The Bertz CT molecular complexity index is 951. The Morgan fingerprint density at radius 2 is 2.00 bits per heavy atom. The molecule has 0 saturated carbocycles. The molecule has 1 aliphatic rings. The second-order valence-corrected chi connectivity index (χ2v) is 8.07. The zero-order chi connectivity index (χ0) is 23.1. The number of methoxy groups -OCH3 is 1. The van der Waals surface area contributed by atoms with Crippen molar-refractivity contribution in [3.05, 3.63) is 59.4 Å². The van der Waals surface area contributed by atoms with Gasteiger partial charge in [0.1, 0.15) is 6.54 Å². The Balaban J connectivity index is 1.85. The lowest BCUT2D eigenvalue weighted by Gasteiger charge is -2.27. The first-order valence-electron chi connectivity index (χ1n) is 11.0. The molecule has 8 heteroatoms. The molecule has 2 heterocycles. The molecule has 1 atom stereocenters. The molecule has 172 valence electrons. The highest BCUT2D eigenvalue weighted by Crippen LogP contribution is 2.33. The molecular weight excluding hydrogens is 406 g/mol. The highest BCUT2D eigenvalue weighted by molar-refractivity contribution is 6.02. The first kappa shape index (κ1) is 23.5. The summed E-state index contributed by atoms with van der Waals surface area (Å²) in [6, 6.07) is 11.7. The van der Waals surface area contributed by atoms with E-state index in [1.165, 1.54) is 4.90 Å². The van der Waals surface area contributed by atoms with Crippen molar-refractivity contribution in [2.75, 3.05) is 33.4 Å². The summed E-state index contributed by atoms with van der Waals surface area (Å²) >= 11 is 0. The van der Waals surface area contributed by atoms with Crippen LogP contribution in [0.15, 0.2) is 47.7 Å². The van der Waals surface area contributed by atoms with Gasteiger partial charge < -0.3 is 19.5 Å². The van der Waals surface area contributed by atoms with Crippen LogP contribution >= 0.6 is 0 Å². The van der Waals surface area contributed by atoms with Crippen molar-refractivity contribution in [2.45, 2.75) is 32.7 Å². The van der Waals surface area contributed by atoms with E-state index in [9.17, 15) is 9.59 Å². The predicted molar refractivity (Wildman–Crippen MR) is 124 cm³/mol. The quantitative estimate of drug-likeness (QED) is 0.652. The number of benzene rings is 1. The van der Waals surface area contributed by atoms with E-state index >= 15 is 0 Å². The molecule has 0 aliphatic carbocycles. The number of amides is 3. The van der Waals surface area contributed by atoms with E-state index in [1.54, 1.807) is 12.1 Å². The number of carbonyl (C=O) groups excluding carboxylic acids is 2. The number of aromatic nitrogens is 1. The Labute approximate surface area is 189 Å². The van der Waals surface area contributed by atoms with E-state index in [4.69, 9.17) is 9.84 Å². The maximum Gasteiger partial charge on any atom is 0.317 e. The standard InChI is InChI=1S/C24H33N5O3/c1-5-12-25-24(31)28(14-15-32-4)17-23(30)29-22(19-10-8-18(2)9-11-19)16-20(26-29)21-7-6-13-27(21)3/h6-11,13,22H,5,12,14-17H2,1-4H3,(H,25,31)/t22-/m0/s1. The van der Waals surface area contributed by atoms with Crippen molar-refractivity contribution >= 4 is 17.6 Å². The fourth-order valence-corrected chi connectivity index (χ4v) is 3.74. The third kappa shape index (κ3) is 5.56. The molecule has 0 spiro atoms. The molecule has 0 unspecified atom stereocenters. The number of carbonyl (C=O) groups is 2. The summed E-state index contributed by atoms with van der Waals surface area (Å²) in [7, 11) is 3.54. The zero-order valence-electron chi connectivity index (χ0n) is 19.4. The van der Waals surface area contributed by atoms with Crippen molar-refractivity contribution in [3.8, 4) is 0 Å². The lowest BCUT2D eigenvalue weighted by molar-refractivity contribution is -0.133. The molecule has 3 amide bonds. The van der Waals surface area contributed by atoms with Crippen LogP contribution in [0.25, 0.3) is 0 Å². The normalized spacial score (nSPS) is 15.6. The number of ether oxygens (including phenoxy) is 1. The van der Waals surface area contributed by atoms with E-state index in [-0.39, 0.29) is 24.5 Å². The summed E-state index contributed by atoms with van der Waals surface area (Å²) in [5, 5.41) is 9.10. The number of nitrogens with one attached hydrogen (secondary N) is 1. The first-order valence-corrected chi connectivity index (χ1v) is 11.0.